The van der Waals surface area contributed by atoms with E-state index in [4.69, 9.17) is 4.74 Å². The number of halogens is 1. The number of hydrogen-bond donors (Lipinski definition) is 1. The largest absolute Gasteiger partial charge is 0.382 e. The molecule has 1 aromatic rings. The van der Waals surface area contributed by atoms with Crippen LogP contribution in [-0.4, -0.2) is 49.7 Å². The van der Waals surface area contributed by atoms with Crippen molar-refractivity contribution < 1.29 is 4.74 Å². The molecule has 0 bridgehead atoms. The molecule has 0 spiro atoms. The van der Waals surface area contributed by atoms with Crippen LogP contribution in [0, 0.1) is 12.3 Å². The van der Waals surface area contributed by atoms with Crippen LogP contribution in [0.1, 0.15) is 49.7 Å². The first kappa shape index (κ1) is 22.6. The highest BCUT2D eigenvalue weighted by molar-refractivity contribution is 14.0. The average Bonchev–Trinajstić information content (AvgIpc) is 3.18. The second-order valence-electron chi connectivity index (χ2n) is 6.77. The Morgan fingerprint density at radius 2 is 2.16 bits per heavy atom. The first-order valence-corrected chi connectivity index (χ1v) is 9.87. The summed E-state index contributed by atoms with van der Waals surface area (Å²) >= 11 is 1.70. The summed E-state index contributed by atoms with van der Waals surface area (Å²) in [6.45, 7) is 7.55. The summed E-state index contributed by atoms with van der Waals surface area (Å²) < 4.78 is 5.61. The third kappa shape index (κ3) is 7.02. The van der Waals surface area contributed by atoms with E-state index in [2.05, 4.69) is 39.5 Å². The molecule has 7 heteroatoms. The molecule has 1 aromatic heterocycles. The van der Waals surface area contributed by atoms with Gasteiger partial charge < -0.3 is 15.0 Å². The Bertz CT molecular complexity index is 529. The number of thiazole rings is 1. The molecule has 1 aliphatic carbocycles. The van der Waals surface area contributed by atoms with Crippen molar-refractivity contribution in [1.82, 2.24) is 15.2 Å². The first-order chi connectivity index (χ1) is 11.6. The summed E-state index contributed by atoms with van der Waals surface area (Å²) in [6, 6.07) is 0. The molecule has 0 radical (unpaired) electrons. The number of aromatic nitrogens is 1. The van der Waals surface area contributed by atoms with Crippen LogP contribution in [0.4, 0.5) is 0 Å². The van der Waals surface area contributed by atoms with Gasteiger partial charge in [0.25, 0.3) is 0 Å². The molecule has 0 saturated heterocycles. The van der Waals surface area contributed by atoms with Gasteiger partial charge in [-0.2, -0.15) is 0 Å². The number of aliphatic imine (C=N–C) groups is 1. The smallest absolute Gasteiger partial charge is 0.193 e. The van der Waals surface area contributed by atoms with Crippen molar-refractivity contribution in [2.24, 2.45) is 10.4 Å². The first-order valence-electron chi connectivity index (χ1n) is 8.99. The third-order valence-corrected chi connectivity index (χ3v) is 5.73. The standard InChI is InChI=1S/C18H32N4OS.HI/c1-5-23-11-10-18(8-6-7-9-18)14-20-17(19-3)22(4)12-16-13-24-15(2)21-16;/h13H,5-12,14H2,1-4H3,(H,19,20);1H. The van der Waals surface area contributed by atoms with Gasteiger partial charge in [0.05, 0.1) is 17.2 Å². The van der Waals surface area contributed by atoms with E-state index in [1.54, 1.807) is 11.3 Å². The van der Waals surface area contributed by atoms with Gasteiger partial charge in [-0.05, 0) is 38.5 Å². The van der Waals surface area contributed by atoms with Crippen LogP contribution in [0.25, 0.3) is 0 Å². The predicted molar refractivity (Wildman–Crippen MR) is 117 cm³/mol. The van der Waals surface area contributed by atoms with Crippen LogP contribution in [-0.2, 0) is 11.3 Å². The van der Waals surface area contributed by atoms with Crippen molar-refractivity contribution in [3.8, 4) is 0 Å². The summed E-state index contributed by atoms with van der Waals surface area (Å²) in [5, 5.41) is 6.84. The molecule has 0 atom stereocenters. The van der Waals surface area contributed by atoms with Gasteiger partial charge in [-0.3, -0.25) is 4.99 Å². The average molecular weight is 480 g/mol. The molecule has 0 aliphatic heterocycles. The molecule has 1 fully saturated rings. The van der Waals surface area contributed by atoms with Crippen LogP contribution in [0.5, 0.6) is 0 Å². The van der Waals surface area contributed by atoms with E-state index in [1.165, 1.54) is 25.7 Å². The molecular weight excluding hydrogens is 447 g/mol. The van der Waals surface area contributed by atoms with Crippen molar-refractivity contribution in [2.45, 2.75) is 52.5 Å². The zero-order valence-corrected chi connectivity index (χ0v) is 19.2. The summed E-state index contributed by atoms with van der Waals surface area (Å²) in [5.74, 6) is 0.948. The molecule has 2 rings (SSSR count). The van der Waals surface area contributed by atoms with Crippen molar-refractivity contribution in [2.75, 3.05) is 33.9 Å². The summed E-state index contributed by atoms with van der Waals surface area (Å²) in [4.78, 5) is 11.2. The lowest BCUT2D eigenvalue weighted by atomic mass is 9.83. The number of guanidine groups is 1. The third-order valence-electron chi connectivity index (χ3n) is 4.91. The summed E-state index contributed by atoms with van der Waals surface area (Å²) in [7, 11) is 3.93. The quantitative estimate of drug-likeness (QED) is 0.264. The van der Waals surface area contributed by atoms with Crippen molar-refractivity contribution in [3.05, 3.63) is 16.1 Å². The SMILES string of the molecule is CCOCCC1(CNC(=NC)N(C)Cc2csc(C)n2)CCCC1.I. The zero-order chi connectivity index (χ0) is 17.4. The minimum atomic E-state index is 0. The van der Waals surface area contributed by atoms with Crippen LogP contribution < -0.4 is 5.32 Å². The molecule has 0 amide bonds. The minimum absolute atomic E-state index is 0. The molecule has 25 heavy (non-hydrogen) atoms. The Kier molecular flexibility index (Phi) is 10.3. The highest BCUT2D eigenvalue weighted by atomic mass is 127. The maximum Gasteiger partial charge on any atom is 0.193 e. The van der Waals surface area contributed by atoms with E-state index in [0.29, 0.717) is 5.41 Å². The number of aryl methyl sites for hydroxylation is 1. The van der Waals surface area contributed by atoms with Crippen LogP contribution >= 0.6 is 35.3 Å². The number of nitrogens with one attached hydrogen (secondary N) is 1. The fourth-order valence-electron chi connectivity index (χ4n) is 3.52. The maximum atomic E-state index is 5.61. The lowest BCUT2D eigenvalue weighted by Gasteiger charge is -2.31. The molecule has 0 aromatic carbocycles. The second-order valence-corrected chi connectivity index (χ2v) is 7.83. The van der Waals surface area contributed by atoms with Gasteiger partial charge in [0.1, 0.15) is 0 Å². The van der Waals surface area contributed by atoms with Crippen molar-refractivity contribution >= 4 is 41.3 Å². The van der Waals surface area contributed by atoms with Gasteiger partial charge in [-0.15, -0.1) is 35.3 Å². The monoisotopic (exact) mass is 480 g/mol. The highest BCUT2D eigenvalue weighted by Crippen LogP contribution is 2.40. The summed E-state index contributed by atoms with van der Waals surface area (Å²) in [5.41, 5.74) is 1.47. The Balaban J connectivity index is 0.00000312. The normalized spacial score (nSPS) is 16.6. The van der Waals surface area contributed by atoms with Gasteiger partial charge >= 0.3 is 0 Å². The molecule has 0 unspecified atom stereocenters. The molecule has 1 N–H and O–H groups in total. The fraction of sp³-hybridized carbons (Fsp3) is 0.778. The van der Waals surface area contributed by atoms with E-state index in [9.17, 15) is 0 Å². The second kappa shape index (κ2) is 11.3. The maximum absolute atomic E-state index is 5.61. The van der Waals surface area contributed by atoms with E-state index in [0.717, 1.165) is 49.4 Å². The Labute approximate surface area is 173 Å². The summed E-state index contributed by atoms with van der Waals surface area (Å²) in [6.07, 6.45) is 6.39. The number of nitrogens with zero attached hydrogens (tertiary/aromatic N) is 3. The Morgan fingerprint density at radius 3 is 2.72 bits per heavy atom. The van der Waals surface area contributed by atoms with Gasteiger partial charge in [0.2, 0.25) is 0 Å². The molecule has 1 aliphatic rings. The molecule has 1 heterocycles. The Hall–Kier alpha value is -0.410. The van der Waals surface area contributed by atoms with Gasteiger partial charge in [-0.1, -0.05) is 12.8 Å². The predicted octanol–water partition coefficient (Wildman–Crippen LogP) is 4.06. The molecule has 1 saturated carbocycles. The molecular formula is C18H33IN4OS. The van der Waals surface area contributed by atoms with Gasteiger partial charge in [0, 0.05) is 39.2 Å². The number of rotatable bonds is 8. The Morgan fingerprint density at radius 1 is 1.44 bits per heavy atom. The van der Waals surface area contributed by atoms with Crippen molar-refractivity contribution in [3.63, 3.8) is 0 Å². The van der Waals surface area contributed by atoms with Gasteiger partial charge in [0.15, 0.2) is 5.96 Å². The topological polar surface area (TPSA) is 49.8 Å². The lowest BCUT2D eigenvalue weighted by Crippen LogP contribution is -2.44. The number of hydrogen-bond acceptors (Lipinski definition) is 4. The molecule has 5 nitrogen and oxygen atoms in total. The van der Waals surface area contributed by atoms with Gasteiger partial charge in [-0.25, -0.2) is 4.98 Å². The lowest BCUT2D eigenvalue weighted by molar-refractivity contribution is 0.104. The van der Waals surface area contributed by atoms with Crippen LogP contribution in [0.15, 0.2) is 10.4 Å². The highest BCUT2D eigenvalue weighted by Gasteiger charge is 2.33. The van der Waals surface area contributed by atoms with E-state index in [1.807, 2.05) is 14.0 Å². The fourth-order valence-corrected chi connectivity index (χ4v) is 4.13. The zero-order valence-electron chi connectivity index (χ0n) is 16.0. The van der Waals surface area contributed by atoms with Crippen LogP contribution in [0.3, 0.4) is 0 Å². The minimum Gasteiger partial charge on any atom is -0.382 e. The molecule has 144 valence electrons. The van der Waals surface area contributed by atoms with E-state index in [-0.39, 0.29) is 24.0 Å². The van der Waals surface area contributed by atoms with E-state index >= 15 is 0 Å². The van der Waals surface area contributed by atoms with Crippen LogP contribution in [0.2, 0.25) is 0 Å². The number of ether oxygens (including phenoxy) is 1. The van der Waals surface area contributed by atoms with E-state index < -0.39 is 0 Å². The van der Waals surface area contributed by atoms with Crippen molar-refractivity contribution in [1.29, 1.82) is 0 Å².